The molecule has 0 saturated carbocycles. The zero-order valence-corrected chi connectivity index (χ0v) is 12.0. The predicted molar refractivity (Wildman–Crippen MR) is 84.6 cm³/mol. The molecule has 104 valence electrons. The van der Waals surface area contributed by atoms with Crippen molar-refractivity contribution in [1.29, 1.82) is 0 Å². The number of nitrogens with zero attached hydrogens (tertiary/aromatic N) is 1. The fraction of sp³-hybridized carbons (Fsp3) is 0.333. The van der Waals surface area contributed by atoms with Crippen LogP contribution in [0.25, 0.3) is 11.1 Å². The molecule has 1 heterocycles. The molecule has 2 N–H and O–H groups in total. The van der Waals surface area contributed by atoms with Crippen LogP contribution in [0.3, 0.4) is 0 Å². The zero-order valence-electron chi connectivity index (χ0n) is 12.0. The Morgan fingerprint density at radius 3 is 2.55 bits per heavy atom. The minimum Gasteiger partial charge on any atom is -0.326 e. The lowest BCUT2D eigenvalue weighted by molar-refractivity contribution is 0.411. The molecular formula is C18H22N2. The van der Waals surface area contributed by atoms with Gasteiger partial charge in [0.05, 0.1) is 0 Å². The molecule has 0 aromatic heterocycles. The van der Waals surface area contributed by atoms with E-state index in [0.29, 0.717) is 12.5 Å². The number of hydrogen-bond acceptors (Lipinski definition) is 2. The highest BCUT2D eigenvalue weighted by Gasteiger charge is 2.21. The Labute approximate surface area is 121 Å². The maximum atomic E-state index is 5.74. The van der Waals surface area contributed by atoms with E-state index in [-0.39, 0.29) is 0 Å². The SMILES string of the molecule is CN1CCC(c2cccc(-c3cccc(CN)c3)c2)C1. The van der Waals surface area contributed by atoms with Crippen molar-refractivity contribution in [3.8, 4) is 11.1 Å². The quantitative estimate of drug-likeness (QED) is 0.924. The molecule has 0 bridgehead atoms. The number of rotatable bonds is 3. The van der Waals surface area contributed by atoms with E-state index in [1.807, 2.05) is 0 Å². The first-order valence-electron chi connectivity index (χ1n) is 7.34. The van der Waals surface area contributed by atoms with Gasteiger partial charge in [-0.2, -0.15) is 0 Å². The van der Waals surface area contributed by atoms with Gasteiger partial charge in [0, 0.05) is 13.1 Å². The molecular weight excluding hydrogens is 244 g/mol. The number of likely N-dealkylation sites (tertiary alicyclic amines) is 1. The third-order valence-corrected chi connectivity index (χ3v) is 4.25. The molecule has 0 spiro atoms. The Kier molecular flexibility index (Phi) is 3.86. The van der Waals surface area contributed by atoms with Crippen LogP contribution < -0.4 is 5.73 Å². The van der Waals surface area contributed by atoms with Crippen LogP contribution in [0.2, 0.25) is 0 Å². The van der Waals surface area contributed by atoms with Gasteiger partial charge in [0.2, 0.25) is 0 Å². The van der Waals surface area contributed by atoms with Crippen molar-refractivity contribution >= 4 is 0 Å². The first-order chi connectivity index (χ1) is 9.76. The van der Waals surface area contributed by atoms with Crippen molar-refractivity contribution in [3.63, 3.8) is 0 Å². The summed E-state index contributed by atoms with van der Waals surface area (Å²) in [6.07, 6.45) is 1.27. The van der Waals surface area contributed by atoms with Gasteiger partial charge in [0.1, 0.15) is 0 Å². The molecule has 2 aromatic rings. The van der Waals surface area contributed by atoms with Crippen molar-refractivity contribution in [2.75, 3.05) is 20.1 Å². The van der Waals surface area contributed by atoms with Gasteiger partial charge in [0.25, 0.3) is 0 Å². The summed E-state index contributed by atoms with van der Waals surface area (Å²) in [6, 6.07) is 17.5. The molecule has 0 amide bonds. The summed E-state index contributed by atoms with van der Waals surface area (Å²) >= 11 is 0. The highest BCUT2D eigenvalue weighted by atomic mass is 15.1. The molecule has 2 aromatic carbocycles. The Hall–Kier alpha value is -1.64. The van der Waals surface area contributed by atoms with Gasteiger partial charge in [-0.05, 0) is 54.3 Å². The van der Waals surface area contributed by atoms with E-state index in [1.54, 1.807) is 0 Å². The van der Waals surface area contributed by atoms with Crippen molar-refractivity contribution in [1.82, 2.24) is 4.90 Å². The van der Waals surface area contributed by atoms with Crippen LogP contribution in [0, 0.1) is 0 Å². The number of likely N-dealkylation sites (N-methyl/N-ethyl adjacent to an activating group) is 1. The van der Waals surface area contributed by atoms with Gasteiger partial charge < -0.3 is 10.6 Å². The molecule has 3 rings (SSSR count). The molecule has 20 heavy (non-hydrogen) atoms. The van der Waals surface area contributed by atoms with Crippen LogP contribution in [0.4, 0.5) is 0 Å². The number of nitrogens with two attached hydrogens (primary N) is 1. The second-order valence-electron chi connectivity index (χ2n) is 5.78. The molecule has 0 radical (unpaired) electrons. The van der Waals surface area contributed by atoms with E-state index in [2.05, 4.69) is 60.5 Å². The van der Waals surface area contributed by atoms with E-state index in [1.165, 1.54) is 41.8 Å². The van der Waals surface area contributed by atoms with E-state index >= 15 is 0 Å². The van der Waals surface area contributed by atoms with Crippen LogP contribution in [-0.4, -0.2) is 25.0 Å². The molecule has 1 atom stereocenters. The molecule has 2 nitrogen and oxygen atoms in total. The molecule has 1 aliphatic rings. The van der Waals surface area contributed by atoms with Crippen LogP contribution in [0.1, 0.15) is 23.5 Å². The average molecular weight is 266 g/mol. The van der Waals surface area contributed by atoms with Gasteiger partial charge in [-0.1, -0.05) is 42.5 Å². The highest BCUT2D eigenvalue weighted by Crippen LogP contribution is 2.29. The largest absolute Gasteiger partial charge is 0.326 e. The van der Waals surface area contributed by atoms with E-state index < -0.39 is 0 Å². The molecule has 1 aliphatic heterocycles. The van der Waals surface area contributed by atoms with E-state index in [9.17, 15) is 0 Å². The Balaban J connectivity index is 1.90. The lowest BCUT2D eigenvalue weighted by atomic mass is 9.94. The maximum Gasteiger partial charge on any atom is 0.0178 e. The molecule has 1 unspecified atom stereocenters. The Morgan fingerprint density at radius 1 is 1.10 bits per heavy atom. The summed E-state index contributed by atoms with van der Waals surface area (Å²) in [5.74, 6) is 0.678. The summed E-state index contributed by atoms with van der Waals surface area (Å²) in [4.78, 5) is 2.41. The summed E-state index contributed by atoms with van der Waals surface area (Å²) < 4.78 is 0. The Bertz CT molecular complexity index is 591. The monoisotopic (exact) mass is 266 g/mol. The highest BCUT2D eigenvalue weighted by molar-refractivity contribution is 5.65. The summed E-state index contributed by atoms with van der Waals surface area (Å²) in [6.45, 7) is 2.98. The van der Waals surface area contributed by atoms with Crippen LogP contribution in [-0.2, 0) is 6.54 Å². The molecule has 1 saturated heterocycles. The van der Waals surface area contributed by atoms with E-state index in [0.717, 1.165) is 0 Å². The van der Waals surface area contributed by atoms with E-state index in [4.69, 9.17) is 5.73 Å². The average Bonchev–Trinajstić information content (AvgIpc) is 2.94. The first kappa shape index (κ1) is 13.3. The van der Waals surface area contributed by atoms with Crippen LogP contribution in [0.5, 0.6) is 0 Å². The summed E-state index contributed by atoms with van der Waals surface area (Å²) in [5.41, 5.74) is 11.0. The predicted octanol–water partition coefficient (Wildman–Crippen LogP) is 3.23. The maximum absolute atomic E-state index is 5.74. The summed E-state index contributed by atoms with van der Waals surface area (Å²) in [5, 5.41) is 0. The van der Waals surface area contributed by atoms with Crippen LogP contribution in [0.15, 0.2) is 48.5 Å². The third-order valence-electron chi connectivity index (χ3n) is 4.25. The smallest absolute Gasteiger partial charge is 0.0178 e. The summed E-state index contributed by atoms with van der Waals surface area (Å²) in [7, 11) is 2.20. The molecule has 2 heteroatoms. The third kappa shape index (κ3) is 2.77. The van der Waals surface area contributed by atoms with Gasteiger partial charge in [0.15, 0.2) is 0 Å². The van der Waals surface area contributed by atoms with Crippen molar-refractivity contribution < 1.29 is 0 Å². The fourth-order valence-electron chi connectivity index (χ4n) is 3.06. The first-order valence-corrected chi connectivity index (χ1v) is 7.34. The number of hydrogen-bond donors (Lipinski definition) is 1. The lowest BCUT2D eigenvalue weighted by Gasteiger charge is -2.13. The van der Waals surface area contributed by atoms with Gasteiger partial charge in [-0.25, -0.2) is 0 Å². The second kappa shape index (κ2) is 5.78. The Morgan fingerprint density at radius 2 is 1.85 bits per heavy atom. The van der Waals surface area contributed by atoms with Crippen molar-refractivity contribution in [2.24, 2.45) is 5.73 Å². The lowest BCUT2D eigenvalue weighted by Crippen LogP contribution is -2.13. The number of benzene rings is 2. The fourth-order valence-corrected chi connectivity index (χ4v) is 3.06. The standard InChI is InChI=1S/C18H22N2/c1-20-9-8-18(13-20)17-7-3-6-16(11-17)15-5-2-4-14(10-15)12-19/h2-7,10-11,18H,8-9,12-13,19H2,1H3. The van der Waals surface area contributed by atoms with Crippen molar-refractivity contribution in [2.45, 2.75) is 18.9 Å². The molecule has 1 fully saturated rings. The van der Waals surface area contributed by atoms with Crippen molar-refractivity contribution in [3.05, 3.63) is 59.7 Å². The topological polar surface area (TPSA) is 29.3 Å². The molecule has 0 aliphatic carbocycles. The normalized spacial score (nSPS) is 19.4. The second-order valence-corrected chi connectivity index (χ2v) is 5.78. The van der Waals surface area contributed by atoms with Gasteiger partial charge in [-0.15, -0.1) is 0 Å². The minimum atomic E-state index is 0.598. The van der Waals surface area contributed by atoms with Gasteiger partial charge in [-0.3, -0.25) is 0 Å². The van der Waals surface area contributed by atoms with Crippen LogP contribution >= 0.6 is 0 Å². The minimum absolute atomic E-state index is 0.598. The van der Waals surface area contributed by atoms with Gasteiger partial charge >= 0.3 is 0 Å². The zero-order chi connectivity index (χ0) is 13.9.